The molecule has 4 heteroatoms. The van der Waals surface area contributed by atoms with Gasteiger partial charge in [0.15, 0.2) is 5.82 Å². The molecule has 0 unspecified atom stereocenters. The van der Waals surface area contributed by atoms with Gasteiger partial charge < -0.3 is 10.4 Å². The highest BCUT2D eigenvalue weighted by Crippen LogP contribution is 2.30. The number of hydrogen-bond acceptors (Lipinski definition) is 4. The van der Waals surface area contributed by atoms with Crippen molar-refractivity contribution in [3.8, 4) is 11.3 Å². The number of nitrogens with one attached hydrogen (secondary N) is 1. The molecule has 0 fully saturated rings. The molecule has 0 saturated heterocycles. The molecule has 0 aliphatic rings. The molecule has 118 valence electrons. The quantitative estimate of drug-likeness (QED) is 0.706. The molecule has 1 aromatic heterocycles. The van der Waals surface area contributed by atoms with Crippen LogP contribution in [0.3, 0.4) is 0 Å². The minimum atomic E-state index is 0.166. The van der Waals surface area contributed by atoms with Crippen molar-refractivity contribution in [3.63, 3.8) is 0 Å². The fourth-order valence-corrected chi connectivity index (χ4v) is 2.62. The van der Waals surface area contributed by atoms with Crippen molar-refractivity contribution in [2.75, 3.05) is 18.5 Å². The van der Waals surface area contributed by atoms with Gasteiger partial charge in [-0.2, -0.15) is 0 Å². The van der Waals surface area contributed by atoms with Gasteiger partial charge in [0.25, 0.3) is 0 Å². The Bertz CT molecular complexity index is 830. The number of aliphatic hydroxyl groups is 1. The Kier molecular flexibility index (Phi) is 4.53. The molecule has 0 atom stereocenters. The summed E-state index contributed by atoms with van der Waals surface area (Å²) in [4.78, 5) is 0. The lowest BCUT2D eigenvalue weighted by atomic mass is 10.0. The second-order valence-corrected chi connectivity index (χ2v) is 5.75. The standard InChI is InChI=1S/C19H21N3O/c1-13-8-9-15(12-14(13)2)18-16-6-3-4-7-17(16)19(22-21-18)20-10-5-11-23/h3-4,6-9,12,23H,5,10-11H2,1-2H3,(H,20,22). The predicted molar refractivity (Wildman–Crippen MR) is 94.6 cm³/mol. The number of fused-ring (bicyclic) bond motifs is 1. The fourth-order valence-electron chi connectivity index (χ4n) is 2.62. The molecule has 23 heavy (non-hydrogen) atoms. The van der Waals surface area contributed by atoms with E-state index in [0.717, 1.165) is 27.8 Å². The summed E-state index contributed by atoms with van der Waals surface area (Å²) in [5.74, 6) is 0.765. The summed E-state index contributed by atoms with van der Waals surface area (Å²) in [6, 6.07) is 14.5. The summed E-state index contributed by atoms with van der Waals surface area (Å²) in [6.45, 7) is 5.06. The first-order chi connectivity index (χ1) is 11.2. The molecule has 0 aliphatic carbocycles. The zero-order chi connectivity index (χ0) is 16.2. The van der Waals surface area contributed by atoms with Crippen molar-refractivity contribution in [2.45, 2.75) is 20.3 Å². The molecule has 3 aromatic rings. The SMILES string of the molecule is Cc1ccc(-c2nnc(NCCCO)c3ccccc23)cc1C. The van der Waals surface area contributed by atoms with E-state index in [1.165, 1.54) is 11.1 Å². The number of anilines is 1. The summed E-state index contributed by atoms with van der Waals surface area (Å²) in [7, 11) is 0. The second kappa shape index (κ2) is 6.75. The van der Waals surface area contributed by atoms with Crippen LogP contribution in [0.15, 0.2) is 42.5 Å². The monoisotopic (exact) mass is 307 g/mol. The number of aryl methyl sites for hydroxylation is 2. The summed E-state index contributed by atoms with van der Waals surface area (Å²) < 4.78 is 0. The highest BCUT2D eigenvalue weighted by molar-refractivity contribution is 6.00. The van der Waals surface area contributed by atoms with Gasteiger partial charge in [0.2, 0.25) is 0 Å². The minimum Gasteiger partial charge on any atom is -0.396 e. The number of rotatable bonds is 5. The average molecular weight is 307 g/mol. The van der Waals surface area contributed by atoms with Crippen LogP contribution in [-0.4, -0.2) is 28.5 Å². The third kappa shape index (κ3) is 3.17. The molecule has 2 N–H and O–H groups in total. The first kappa shape index (κ1) is 15.4. The summed E-state index contributed by atoms with van der Waals surface area (Å²) >= 11 is 0. The summed E-state index contributed by atoms with van der Waals surface area (Å²) in [6.07, 6.45) is 0.689. The van der Waals surface area contributed by atoms with E-state index in [-0.39, 0.29) is 6.61 Å². The lowest BCUT2D eigenvalue weighted by Gasteiger charge is -2.11. The fraction of sp³-hybridized carbons (Fsp3) is 0.263. The topological polar surface area (TPSA) is 58.0 Å². The van der Waals surface area contributed by atoms with Gasteiger partial charge in [-0.05, 0) is 37.5 Å². The zero-order valence-electron chi connectivity index (χ0n) is 13.5. The van der Waals surface area contributed by atoms with Crippen LogP contribution in [0, 0.1) is 13.8 Å². The smallest absolute Gasteiger partial charge is 0.156 e. The maximum absolute atomic E-state index is 8.92. The first-order valence-electron chi connectivity index (χ1n) is 7.88. The Morgan fingerprint density at radius 3 is 2.48 bits per heavy atom. The molecule has 0 amide bonds. The van der Waals surface area contributed by atoms with Crippen molar-refractivity contribution >= 4 is 16.6 Å². The number of benzene rings is 2. The molecule has 2 aromatic carbocycles. The van der Waals surface area contributed by atoms with Gasteiger partial charge >= 0.3 is 0 Å². The maximum atomic E-state index is 8.92. The molecule has 0 radical (unpaired) electrons. The maximum Gasteiger partial charge on any atom is 0.156 e. The van der Waals surface area contributed by atoms with Crippen molar-refractivity contribution < 1.29 is 5.11 Å². The lowest BCUT2D eigenvalue weighted by molar-refractivity contribution is 0.292. The molecule has 4 nitrogen and oxygen atoms in total. The van der Waals surface area contributed by atoms with Gasteiger partial charge in [0.1, 0.15) is 5.69 Å². The van der Waals surface area contributed by atoms with Gasteiger partial charge in [0, 0.05) is 29.5 Å². The molecule has 0 spiro atoms. The predicted octanol–water partition coefficient (Wildman–Crippen LogP) is 3.71. The van der Waals surface area contributed by atoms with Crippen LogP contribution in [-0.2, 0) is 0 Å². The molecular formula is C19H21N3O. The van der Waals surface area contributed by atoms with Crippen LogP contribution in [0.2, 0.25) is 0 Å². The largest absolute Gasteiger partial charge is 0.396 e. The van der Waals surface area contributed by atoms with Crippen molar-refractivity contribution in [2.24, 2.45) is 0 Å². The van der Waals surface area contributed by atoms with Crippen LogP contribution in [0.1, 0.15) is 17.5 Å². The van der Waals surface area contributed by atoms with E-state index in [2.05, 4.69) is 59.7 Å². The average Bonchev–Trinajstić information content (AvgIpc) is 2.58. The molecule has 0 bridgehead atoms. The highest BCUT2D eigenvalue weighted by Gasteiger charge is 2.11. The minimum absolute atomic E-state index is 0.166. The Hall–Kier alpha value is -2.46. The first-order valence-corrected chi connectivity index (χ1v) is 7.88. The van der Waals surface area contributed by atoms with Crippen LogP contribution in [0.25, 0.3) is 22.0 Å². The van der Waals surface area contributed by atoms with Crippen LogP contribution in [0.5, 0.6) is 0 Å². The Morgan fingerprint density at radius 1 is 0.957 bits per heavy atom. The number of aromatic nitrogens is 2. The molecule has 3 rings (SSSR count). The van der Waals surface area contributed by atoms with E-state index < -0.39 is 0 Å². The van der Waals surface area contributed by atoms with E-state index >= 15 is 0 Å². The van der Waals surface area contributed by atoms with E-state index in [9.17, 15) is 0 Å². The van der Waals surface area contributed by atoms with Crippen molar-refractivity contribution in [3.05, 3.63) is 53.6 Å². The van der Waals surface area contributed by atoms with Crippen LogP contribution >= 0.6 is 0 Å². The van der Waals surface area contributed by atoms with Gasteiger partial charge in [-0.15, -0.1) is 10.2 Å². The molecule has 0 aliphatic heterocycles. The van der Waals surface area contributed by atoms with Gasteiger partial charge in [-0.3, -0.25) is 0 Å². The van der Waals surface area contributed by atoms with Crippen molar-refractivity contribution in [1.29, 1.82) is 0 Å². The number of nitrogens with zero attached hydrogens (tertiary/aromatic N) is 2. The summed E-state index contributed by atoms with van der Waals surface area (Å²) in [5, 5.41) is 23.1. The van der Waals surface area contributed by atoms with Gasteiger partial charge in [0.05, 0.1) is 0 Å². The van der Waals surface area contributed by atoms with E-state index in [0.29, 0.717) is 13.0 Å². The van der Waals surface area contributed by atoms with Gasteiger partial charge in [-0.25, -0.2) is 0 Å². The molecule has 1 heterocycles. The number of hydrogen-bond donors (Lipinski definition) is 2. The van der Waals surface area contributed by atoms with E-state index in [4.69, 9.17) is 5.11 Å². The Balaban J connectivity index is 2.08. The lowest BCUT2D eigenvalue weighted by Crippen LogP contribution is -2.07. The number of aliphatic hydroxyl groups excluding tert-OH is 1. The Labute approximate surface area is 136 Å². The second-order valence-electron chi connectivity index (χ2n) is 5.75. The summed E-state index contributed by atoms with van der Waals surface area (Å²) in [5.41, 5.74) is 4.50. The van der Waals surface area contributed by atoms with Crippen LogP contribution < -0.4 is 5.32 Å². The van der Waals surface area contributed by atoms with Crippen LogP contribution in [0.4, 0.5) is 5.82 Å². The van der Waals surface area contributed by atoms with E-state index in [1.54, 1.807) is 0 Å². The third-order valence-corrected chi connectivity index (χ3v) is 4.09. The molecule has 0 saturated carbocycles. The molecular weight excluding hydrogens is 286 g/mol. The van der Waals surface area contributed by atoms with E-state index in [1.807, 2.05) is 12.1 Å². The zero-order valence-corrected chi connectivity index (χ0v) is 13.5. The Morgan fingerprint density at radius 2 is 1.74 bits per heavy atom. The highest BCUT2D eigenvalue weighted by atomic mass is 16.3. The van der Waals surface area contributed by atoms with Gasteiger partial charge in [-0.1, -0.05) is 36.4 Å². The normalized spacial score (nSPS) is 10.9. The van der Waals surface area contributed by atoms with Crippen molar-refractivity contribution in [1.82, 2.24) is 10.2 Å². The third-order valence-electron chi connectivity index (χ3n) is 4.09.